The summed E-state index contributed by atoms with van der Waals surface area (Å²) in [5, 5.41) is 12.3. The lowest BCUT2D eigenvalue weighted by molar-refractivity contribution is 0.184. The number of anilines is 2. The first-order chi connectivity index (χ1) is 16.4. The monoisotopic (exact) mass is 469 g/mol. The summed E-state index contributed by atoms with van der Waals surface area (Å²) in [6.07, 6.45) is 8.69. The third-order valence-electron chi connectivity index (χ3n) is 7.09. The number of hydrazine groups is 1. The van der Waals surface area contributed by atoms with Gasteiger partial charge in [-0.3, -0.25) is 5.41 Å². The number of halogens is 1. The Morgan fingerprint density at radius 1 is 1.29 bits per heavy atom. The van der Waals surface area contributed by atoms with Crippen LogP contribution in [0.2, 0.25) is 0 Å². The molecule has 1 saturated carbocycles. The predicted octanol–water partition coefficient (Wildman–Crippen LogP) is 3.44. The molecule has 2 heterocycles. The molecule has 0 unspecified atom stereocenters. The van der Waals surface area contributed by atoms with Gasteiger partial charge in [0, 0.05) is 63.9 Å². The highest BCUT2D eigenvalue weighted by molar-refractivity contribution is 5.80. The van der Waals surface area contributed by atoms with Crippen LogP contribution in [0.15, 0.2) is 30.6 Å². The number of nitrogens with one attached hydrogen (secondary N) is 2. The molecular formula is C25H36FN7O. The number of hydrogen-bond donors (Lipinski definition) is 3. The molecule has 0 radical (unpaired) electrons. The van der Waals surface area contributed by atoms with Gasteiger partial charge in [0.25, 0.3) is 0 Å². The standard InChI is InChI=1S/C25H36FN7O/c1-32(28)24(27)12-20-3-4-21(13-23(20)26)29-8-5-19-11-22(19)18-6-9-33(10-7-18)25-30-14-17(15-31-25)16-34-2/h3-4,13-15,18-19,22,27,29H,5-12,16,28H2,1-2H3/t19-,22-/m1/s1. The first kappa shape index (κ1) is 24.3. The van der Waals surface area contributed by atoms with Gasteiger partial charge in [0.15, 0.2) is 0 Å². The van der Waals surface area contributed by atoms with Crippen molar-refractivity contribution in [3.63, 3.8) is 0 Å². The second-order valence-electron chi connectivity index (χ2n) is 9.56. The van der Waals surface area contributed by atoms with Crippen LogP contribution < -0.4 is 16.1 Å². The number of nitrogens with two attached hydrogens (primary N) is 1. The van der Waals surface area contributed by atoms with E-state index in [1.54, 1.807) is 20.2 Å². The summed E-state index contributed by atoms with van der Waals surface area (Å²) >= 11 is 0. The molecule has 184 valence electrons. The van der Waals surface area contributed by atoms with Gasteiger partial charge in [-0.2, -0.15) is 0 Å². The Hall–Kier alpha value is -2.78. The van der Waals surface area contributed by atoms with Crippen LogP contribution in [0.1, 0.15) is 36.8 Å². The van der Waals surface area contributed by atoms with Crippen LogP contribution in [0.25, 0.3) is 0 Å². The van der Waals surface area contributed by atoms with Crippen LogP contribution >= 0.6 is 0 Å². The number of rotatable bonds is 10. The maximum atomic E-state index is 14.4. The molecule has 2 atom stereocenters. The van der Waals surface area contributed by atoms with E-state index in [0.29, 0.717) is 12.2 Å². The molecule has 1 aliphatic heterocycles. The molecule has 0 amide bonds. The Kier molecular flexibility index (Phi) is 7.95. The fourth-order valence-corrected chi connectivity index (χ4v) is 4.97. The van der Waals surface area contributed by atoms with E-state index in [0.717, 1.165) is 61.0 Å². The van der Waals surface area contributed by atoms with Crippen LogP contribution in [-0.2, 0) is 17.8 Å². The van der Waals surface area contributed by atoms with Gasteiger partial charge in [-0.05, 0) is 61.1 Å². The number of hydrogen-bond acceptors (Lipinski definition) is 7. The van der Waals surface area contributed by atoms with Crippen LogP contribution in [0.5, 0.6) is 0 Å². The highest BCUT2D eigenvalue weighted by atomic mass is 19.1. The van der Waals surface area contributed by atoms with E-state index in [1.165, 1.54) is 30.3 Å². The third kappa shape index (κ3) is 6.21. The van der Waals surface area contributed by atoms with Crippen molar-refractivity contribution in [2.75, 3.05) is 44.0 Å². The largest absolute Gasteiger partial charge is 0.385 e. The number of aromatic nitrogens is 2. The molecular weight excluding hydrogens is 433 g/mol. The smallest absolute Gasteiger partial charge is 0.225 e. The lowest BCUT2D eigenvalue weighted by Gasteiger charge is -2.32. The zero-order valence-corrected chi connectivity index (χ0v) is 20.1. The average Bonchev–Trinajstić information content (AvgIpc) is 3.61. The molecule has 9 heteroatoms. The van der Waals surface area contributed by atoms with Crippen molar-refractivity contribution in [1.82, 2.24) is 15.0 Å². The Morgan fingerprint density at radius 2 is 2.03 bits per heavy atom. The zero-order valence-electron chi connectivity index (χ0n) is 20.1. The fourth-order valence-electron chi connectivity index (χ4n) is 4.97. The van der Waals surface area contributed by atoms with Gasteiger partial charge in [0.1, 0.15) is 11.7 Å². The number of amidine groups is 1. The van der Waals surface area contributed by atoms with E-state index < -0.39 is 0 Å². The van der Waals surface area contributed by atoms with Gasteiger partial charge >= 0.3 is 0 Å². The summed E-state index contributed by atoms with van der Waals surface area (Å²) < 4.78 is 19.5. The summed E-state index contributed by atoms with van der Waals surface area (Å²) in [6, 6.07) is 5.13. The maximum absolute atomic E-state index is 14.4. The molecule has 0 spiro atoms. The van der Waals surface area contributed by atoms with E-state index >= 15 is 0 Å². The zero-order chi connectivity index (χ0) is 24.1. The minimum Gasteiger partial charge on any atom is -0.385 e. The first-order valence-electron chi connectivity index (χ1n) is 12.1. The first-order valence-corrected chi connectivity index (χ1v) is 12.1. The van der Waals surface area contributed by atoms with Gasteiger partial charge in [-0.1, -0.05) is 6.07 Å². The van der Waals surface area contributed by atoms with Crippen molar-refractivity contribution < 1.29 is 9.13 Å². The van der Waals surface area contributed by atoms with Gasteiger partial charge in [-0.25, -0.2) is 20.2 Å². The van der Waals surface area contributed by atoms with Gasteiger partial charge in [0.05, 0.1) is 6.61 Å². The highest BCUT2D eigenvalue weighted by Crippen LogP contribution is 2.49. The minimum atomic E-state index is -0.301. The third-order valence-corrected chi connectivity index (χ3v) is 7.09. The Morgan fingerprint density at radius 3 is 2.68 bits per heavy atom. The van der Waals surface area contributed by atoms with Crippen molar-refractivity contribution in [1.29, 1.82) is 5.41 Å². The van der Waals surface area contributed by atoms with Crippen molar-refractivity contribution >= 4 is 17.5 Å². The molecule has 2 aromatic rings. The molecule has 2 aliphatic rings. The molecule has 4 rings (SSSR count). The normalized spacial score (nSPS) is 20.3. The number of methoxy groups -OCH3 is 1. The summed E-state index contributed by atoms with van der Waals surface area (Å²) in [5.74, 6) is 8.59. The molecule has 1 aromatic heterocycles. The molecule has 1 aromatic carbocycles. The maximum Gasteiger partial charge on any atom is 0.225 e. The summed E-state index contributed by atoms with van der Waals surface area (Å²) in [5.41, 5.74) is 2.27. The summed E-state index contributed by atoms with van der Waals surface area (Å²) in [4.78, 5) is 11.3. The van der Waals surface area contributed by atoms with Crippen molar-refractivity contribution in [2.45, 2.75) is 38.7 Å². The number of piperidine rings is 1. The molecule has 1 aliphatic carbocycles. The van der Waals surface area contributed by atoms with Crippen LogP contribution in [0.4, 0.5) is 16.0 Å². The molecule has 8 nitrogen and oxygen atoms in total. The summed E-state index contributed by atoms with van der Waals surface area (Å²) in [7, 11) is 3.26. The highest BCUT2D eigenvalue weighted by Gasteiger charge is 2.43. The number of ether oxygens (including phenoxy) is 1. The Bertz CT molecular complexity index is 960. The Balaban J connectivity index is 1.16. The van der Waals surface area contributed by atoms with E-state index in [1.807, 2.05) is 18.5 Å². The summed E-state index contributed by atoms with van der Waals surface area (Å²) in [6.45, 7) is 3.41. The van der Waals surface area contributed by atoms with E-state index in [4.69, 9.17) is 16.0 Å². The molecule has 2 fully saturated rings. The van der Waals surface area contributed by atoms with Crippen LogP contribution in [-0.4, -0.2) is 54.6 Å². The number of nitrogens with zero attached hydrogens (tertiary/aromatic N) is 4. The predicted molar refractivity (Wildman–Crippen MR) is 132 cm³/mol. The molecule has 0 bridgehead atoms. The van der Waals surface area contributed by atoms with Crippen LogP contribution in [0, 0.1) is 29.0 Å². The van der Waals surface area contributed by atoms with Gasteiger partial charge in [0.2, 0.25) is 5.95 Å². The van der Waals surface area contributed by atoms with Crippen LogP contribution in [0.3, 0.4) is 0 Å². The fraction of sp³-hybridized carbons (Fsp3) is 0.560. The molecule has 4 N–H and O–H groups in total. The average molecular weight is 470 g/mol. The SMILES string of the molecule is COCc1cnc(N2CCC([C@H]3C[C@H]3CCNc3ccc(CC(=N)N(C)N)c(F)c3)CC2)nc1. The van der Waals surface area contributed by atoms with Crippen molar-refractivity contribution in [3.05, 3.63) is 47.5 Å². The Labute approximate surface area is 201 Å². The van der Waals surface area contributed by atoms with Crippen molar-refractivity contribution in [2.24, 2.45) is 23.6 Å². The lowest BCUT2D eigenvalue weighted by Crippen LogP contribution is -2.35. The molecule has 1 saturated heterocycles. The topological polar surface area (TPSA) is 103 Å². The van der Waals surface area contributed by atoms with E-state index in [9.17, 15) is 4.39 Å². The van der Waals surface area contributed by atoms with E-state index in [-0.39, 0.29) is 18.1 Å². The van der Waals surface area contributed by atoms with Gasteiger partial charge < -0.3 is 20.0 Å². The molecule has 34 heavy (non-hydrogen) atoms. The van der Waals surface area contributed by atoms with E-state index in [2.05, 4.69) is 20.2 Å². The number of benzene rings is 1. The lowest BCUT2D eigenvalue weighted by atomic mass is 9.90. The second-order valence-corrected chi connectivity index (χ2v) is 9.56. The number of likely N-dealkylation sites (N-methyl/N-ethyl adjacent to an activating group) is 1. The quantitative estimate of drug-likeness (QED) is 0.212. The second kappa shape index (κ2) is 11.1. The minimum absolute atomic E-state index is 0.178. The van der Waals surface area contributed by atoms with Gasteiger partial charge in [-0.15, -0.1) is 0 Å². The van der Waals surface area contributed by atoms with Crippen molar-refractivity contribution in [3.8, 4) is 0 Å².